The van der Waals surface area contributed by atoms with Crippen LogP contribution in [-0.4, -0.2) is 49.2 Å². The summed E-state index contributed by atoms with van der Waals surface area (Å²) in [4.78, 5) is 13.7. The average molecular weight is 765 g/mol. The summed E-state index contributed by atoms with van der Waals surface area (Å²) in [7, 11) is 0. The minimum atomic E-state index is -3.17. The van der Waals surface area contributed by atoms with Gasteiger partial charge in [0.2, 0.25) is 0 Å². The van der Waals surface area contributed by atoms with Crippen LogP contribution in [0.1, 0.15) is 117 Å². The highest BCUT2D eigenvalue weighted by atomic mass is 19.3. The largest absolute Gasteiger partial charge is 0.466 e. The monoisotopic (exact) mass is 764 g/mol. The molecule has 8 heteroatoms. The molecule has 0 saturated heterocycles. The lowest BCUT2D eigenvalue weighted by Gasteiger charge is -2.60. The van der Waals surface area contributed by atoms with E-state index in [1.54, 1.807) is 13.8 Å². The van der Waals surface area contributed by atoms with Crippen LogP contribution in [0, 0.1) is 40.4 Å². The summed E-state index contributed by atoms with van der Waals surface area (Å²) in [5.41, 5.74) is 1.76. The molecule has 0 bridgehead atoms. The number of halogens is 2. The Hall–Kier alpha value is -2.65. The van der Waals surface area contributed by atoms with Crippen LogP contribution in [0.5, 0.6) is 0 Å². The number of fused-ring (bicyclic) bond motifs is 5. The number of carbonyl (C=O) groups excluding carboxylic acids is 1. The first-order chi connectivity index (χ1) is 26.2. The number of ether oxygens (including phenoxy) is 5. The van der Waals surface area contributed by atoms with E-state index < -0.39 is 30.2 Å². The second kappa shape index (κ2) is 17.5. The third kappa shape index (κ3) is 8.78. The Morgan fingerprint density at radius 1 is 0.891 bits per heavy atom. The molecular formula is C47H66F2O6. The quantitative estimate of drug-likeness (QED) is 0.0908. The molecule has 4 aliphatic rings. The van der Waals surface area contributed by atoms with Crippen LogP contribution in [0.3, 0.4) is 0 Å². The van der Waals surface area contributed by atoms with Crippen LogP contribution in [0.2, 0.25) is 0 Å². The number of rotatable bonds is 17. The third-order valence-corrected chi connectivity index (χ3v) is 14.4. The molecule has 2 aromatic rings. The fourth-order valence-electron chi connectivity index (χ4n) is 11.4. The van der Waals surface area contributed by atoms with E-state index in [2.05, 4.69) is 68.5 Å². The van der Waals surface area contributed by atoms with Gasteiger partial charge in [-0.2, -0.15) is 0 Å². The molecule has 0 aliphatic heterocycles. The highest BCUT2D eigenvalue weighted by Gasteiger charge is 2.63. The van der Waals surface area contributed by atoms with Gasteiger partial charge in [0, 0.05) is 24.9 Å². The van der Waals surface area contributed by atoms with Gasteiger partial charge in [-0.1, -0.05) is 86.2 Å². The maximum atomic E-state index is 16.0. The van der Waals surface area contributed by atoms with Crippen LogP contribution in [0.4, 0.5) is 8.78 Å². The Kier molecular flexibility index (Phi) is 13.3. The number of hydrogen-bond acceptors (Lipinski definition) is 6. The zero-order valence-corrected chi connectivity index (χ0v) is 34.4. The summed E-state index contributed by atoms with van der Waals surface area (Å²) in [6.45, 7) is 14.6. The normalized spacial score (nSPS) is 31.8. The lowest BCUT2D eigenvalue weighted by Crippen LogP contribution is -2.56. The van der Waals surface area contributed by atoms with Gasteiger partial charge in [0.05, 0.1) is 37.9 Å². The molecule has 2 aromatic carbocycles. The van der Waals surface area contributed by atoms with E-state index in [4.69, 9.17) is 23.7 Å². The zero-order valence-electron chi connectivity index (χ0n) is 34.4. The number of carbonyl (C=O) groups is 1. The predicted octanol–water partition coefficient (Wildman–Crippen LogP) is 11.1. The Morgan fingerprint density at radius 3 is 2.18 bits per heavy atom. The smallest absolute Gasteiger partial charge is 0.309 e. The van der Waals surface area contributed by atoms with Crippen molar-refractivity contribution in [2.24, 2.45) is 40.4 Å². The van der Waals surface area contributed by atoms with Crippen molar-refractivity contribution in [3.63, 3.8) is 0 Å². The molecule has 0 amide bonds. The van der Waals surface area contributed by atoms with Crippen molar-refractivity contribution < 1.29 is 37.3 Å². The lowest BCUT2D eigenvalue weighted by atomic mass is 9.46. The van der Waals surface area contributed by atoms with Crippen molar-refractivity contribution in [1.29, 1.82) is 0 Å². The molecule has 4 aliphatic carbocycles. The molecule has 304 valence electrons. The second-order valence-electron chi connectivity index (χ2n) is 17.7. The number of esters is 1. The third-order valence-electron chi connectivity index (χ3n) is 14.4. The second-order valence-corrected chi connectivity index (χ2v) is 17.7. The SMILES string of the molecule is CCOC(=O)[C@H](CCC(F)(F)C(C)(C)OC(C)OCC)[C@H]1CC[C@H]2[C@@H]3CC=C4C[C@@H](OCc5ccccc5)C[C@H](OCc5ccccc5)[C@]4(C)[C@H]3CC[C@]12C. The summed E-state index contributed by atoms with van der Waals surface area (Å²) in [6, 6.07) is 20.8. The molecule has 3 fully saturated rings. The molecule has 0 N–H and O–H groups in total. The number of allylic oxidation sites excluding steroid dienone is 1. The van der Waals surface area contributed by atoms with Gasteiger partial charge in [0.1, 0.15) is 5.60 Å². The molecule has 6 rings (SSSR count). The van der Waals surface area contributed by atoms with Gasteiger partial charge in [0.25, 0.3) is 5.92 Å². The van der Waals surface area contributed by atoms with Gasteiger partial charge in [-0.25, -0.2) is 8.78 Å². The Balaban J connectivity index is 1.22. The van der Waals surface area contributed by atoms with E-state index in [1.165, 1.54) is 30.5 Å². The van der Waals surface area contributed by atoms with E-state index >= 15 is 8.78 Å². The molecule has 0 aromatic heterocycles. The van der Waals surface area contributed by atoms with Crippen molar-refractivity contribution in [3.8, 4) is 0 Å². The molecule has 6 nitrogen and oxygen atoms in total. The van der Waals surface area contributed by atoms with E-state index in [-0.39, 0.29) is 48.0 Å². The molecule has 55 heavy (non-hydrogen) atoms. The minimum Gasteiger partial charge on any atom is -0.466 e. The first-order valence-electron chi connectivity index (χ1n) is 21.1. The van der Waals surface area contributed by atoms with Crippen molar-refractivity contribution in [1.82, 2.24) is 0 Å². The fourth-order valence-corrected chi connectivity index (χ4v) is 11.4. The van der Waals surface area contributed by atoms with Crippen LogP contribution in [-0.2, 0) is 41.7 Å². The number of hydrogen-bond donors (Lipinski definition) is 0. The lowest BCUT2D eigenvalue weighted by molar-refractivity contribution is -0.265. The molecule has 10 atom stereocenters. The molecular weight excluding hydrogens is 699 g/mol. The summed E-state index contributed by atoms with van der Waals surface area (Å²) in [5.74, 6) is -2.88. The van der Waals surface area contributed by atoms with Crippen molar-refractivity contribution in [3.05, 3.63) is 83.4 Å². The Bertz CT molecular complexity index is 1580. The highest BCUT2D eigenvalue weighted by molar-refractivity contribution is 5.73. The zero-order chi connectivity index (χ0) is 39.4. The predicted molar refractivity (Wildman–Crippen MR) is 211 cm³/mol. The van der Waals surface area contributed by atoms with E-state index in [0.29, 0.717) is 37.6 Å². The van der Waals surface area contributed by atoms with E-state index in [9.17, 15) is 4.79 Å². The maximum absolute atomic E-state index is 16.0. The van der Waals surface area contributed by atoms with E-state index in [0.717, 1.165) is 44.9 Å². The van der Waals surface area contributed by atoms with Gasteiger partial charge >= 0.3 is 5.97 Å². The van der Waals surface area contributed by atoms with Crippen molar-refractivity contribution >= 4 is 5.97 Å². The number of alkyl halides is 2. The van der Waals surface area contributed by atoms with Crippen LogP contribution < -0.4 is 0 Å². The average Bonchev–Trinajstić information content (AvgIpc) is 3.50. The maximum Gasteiger partial charge on any atom is 0.309 e. The Labute approximate surface area is 329 Å². The minimum absolute atomic E-state index is 0.00614. The van der Waals surface area contributed by atoms with Crippen LogP contribution in [0.25, 0.3) is 0 Å². The van der Waals surface area contributed by atoms with Gasteiger partial charge < -0.3 is 23.7 Å². The molecule has 3 saturated carbocycles. The van der Waals surface area contributed by atoms with Gasteiger partial charge in [-0.15, -0.1) is 0 Å². The summed E-state index contributed by atoms with van der Waals surface area (Å²) in [5, 5.41) is 0. The molecule has 0 heterocycles. The Morgan fingerprint density at radius 2 is 1.55 bits per heavy atom. The van der Waals surface area contributed by atoms with Crippen molar-refractivity contribution in [2.75, 3.05) is 13.2 Å². The van der Waals surface area contributed by atoms with Gasteiger partial charge in [-0.05, 0) is 120 Å². The van der Waals surface area contributed by atoms with Crippen LogP contribution >= 0.6 is 0 Å². The summed E-state index contributed by atoms with van der Waals surface area (Å²) in [6.07, 6.45) is 7.96. The summed E-state index contributed by atoms with van der Waals surface area (Å²) >= 11 is 0. The van der Waals surface area contributed by atoms with Crippen molar-refractivity contribution in [2.45, 2.75) is 149 Å². The fraction of sp³-hybridized carbons (Fsp3) is 0.681. The van der Waals surface area contributed by atoms with E-state index in [1.807, 2.05) is 19.1 Å². The van der Waals surface area contributed by atoms with Gasteiger partial charge in [-0.3, -0.25) is 4.79 Å². The first kappa shape index (κ1) is 42.0. The first-order valence-corrected chi connectivity index (χ1v) is 21.1. The summed E-state index contributed by atoms with van der Waals surface area (Å²) < 4.78 is 62.3. The van der Waals surface area contributed by atoms with Crippen LogP contribution in [0.15, 0.2) is 72.3 Å². The molecule has 0 spiro atoms. The highest BCUT2D eigenvalue weighted by Crippen LogP contribution is 2.68. The number of benzene rings is 2. The molecule has 0 radical (unpaired) electrons. The molecule has 1 unspecified atom stereocenters. The van der Waals surface area contributed by atoms with Gasteiger partial charge in [0.15, 0.2) is 6.29 Å². The standard InChI is InChI=1S/C47H66F2O6/c1-8-51-32(3)55-44(4,5)47(48,49)27-24-38(43(50)52-9-2)40-23-22-39-37-21-20-35-28-36(53-30-33-16-12-10-13-17-33)29-42(54-31-34-18-14-11-15-19-34)46(35,7)41(37)25-26-45(39,40)6/h10-20,32,36-42H,8-9,21-31H2,1-7H3/t32?,36-,37+,38-,39+,40-,41+,42+,45+,46+/m1/s1. The topological polar surface area (TPSA) is 63.2 Å².